The molecular formula is C3H11NNaO3S+. The van der Waals surface area contributed by atoms with E-state index < -0.39 is 14.2 Å². The van der Waals surface area contributed by atoms with E-state index in [2.05, 4.69) is 0 Å². The maximum Gasteiger partial charge on any atom is 1.00 e. The molecule has 0 spiro atoms. The van der Waals surface area contributed by atoms with Crippen LogP contribution in [0.5, 0.6) is 0 Å². The van der Waals surface area contributed by atoms with Gasteiger partial charge in [0.2, 0.25) is 0 Å². The van der Waals surface area contributed by atoms with Gasteiger partial charge in [-0.3, -0.25) is 0 Å². The fourth-order valence-corrected chi connectivity index (χ4v) is 0. The van der Waals surface area contributed by atoms with Gasteiger partial charge >= 0.3 is 39.9 Å². The van der Waals surface area contributed by atoms with Gasteiger partial charge < -0.3 is 1.43 Å². The maximum atomic E-state index is 10.2. The number of quaternary nitrogens is 1. The summed E-state index contributed by atoms with van der Waals surface area (Å²) < 4.78 is 28.2. The molecule has 52 valence electrons. The molecule has 0 aliphatic rings. The molecule has 0 amide bonds. The van der Waals surface area contributed by atoms with Gasteiger partial charge in [0.05, 0.1) is 21.1 Å². The second kappa shape index (κ2) is 3.32. The van der Waals surface area contributed by atoms with Crippen LogP contribution in [0, 0.1) is 0 Å². The van der Waals surface area contributed by atoms with Crippen molar-refractivity contribution < 1.29 is 47.8 Å². The van der Waals surface area contributed by atoms with Crippen molar-refractivity contribution >= 4 is 10.3 Å². The van der Waals surface area contributed by atoms with E-state index in [1.807, 2.05) is 0 Å². The first kappa shape index (κ1) is 12.5. The molecule has 4 nitrogen and oxygen atoms in total. The molecule has 0 aromatic carbocycles. The van der Waals surface area contributed by atoms with Crippen molar-refractivity contribution in [3.8, 4) is 0 Å². The Kier molecular flexibility index (Phi) is 4.62. The number of nitrogens with zero attached hydrogens (tertiary/aromatic N) is 1. The second-order valence-corrected chi connectivity index (χ2v) is 4.33. The quantitative estimate of drug-likeness (QED) is 0.250. The van der Waals surface area contributed by atoms with Crippen LogP contribution >= 0.6 is 0 Å². The van der Waals surface area contributed by atoms with Crippen molar-refractivity contribution in [2.45, 2.75) is 0 Å². The van der Waals surface area contributed by atoms with E-state index in [0.29, 0.717) is 0 Å². The molecule has 0 aromatic heterocycles. The Morgan fingerprint density at radius 1 is 1.33 bits per heavy atom. The van der Waals surface area contributed by atoms with Gasteiger partial charge in [0.25, 0.3) is 0 Å². The summed E-state index contributed by atoms with van der Waals surface area (Å²) in [4.78, 5) is 0. The van der Waals surface area contributed by atoms with E-state index in [-0.39, 0.29) is 31.0 Å². The molecule has 0 aliphatic carbocycles. The molecule has 6 heteroatoms. The van der Waals surface area contributed by atoms with E-state index >= 15 is 0 Å². The largest absolute Gasteiger partial charge is 1.00 e. The second-order valence-electron chi connectivity index (χ2n) is 2.34. The van der Waals surface area contributed by atoms with Gasteiger partial charge in [-0.25, -0.2) is 8.44 Å². The van der Waals surface area contributed by atoms with Crippen LogP contribution in [0.15, 0.2) is 0 Å². The van der Waals surface area contributed by atoms with Crippen molar-refractivity contribution in [3.63, 3.8) is 0 Å². The summed E-state index contributed by atoms with van der Waals surface area (Å²) in [5, 5.41) is 0. The van der Waals surface area contributed by atoms with Gasteiger partial charge in [-0.1, -0.05) is 0 Å². The molecule has 0 fully saturated rings. The summed E-state index contributed by atoms with van der Waals surface area (Å²) in [6.45, 7) is 0. The Balaban J connectivity index is -0.000000245. The molecule has 0 radical (unpaired) electrons. The predicted octanol–water partition coefficient (Wildman–Crippen LogP) is -3.39. The fourth-order valence-electron chi connectivity index (χ4n) is 0. The van der Waals surface area contributed by atoms with Crippen LogP contribution < -0.4 is 29.6 Å². The Labute approximate surface area is 79.1 Å². The van der Waals surface area contributed by atoms with Crippen molar-refractivity contribution in [2.24, 2.45) is 0 Å². The van der Waals surface area contributed by atoms with Crippen LogP contribution in [-0.4, -0.2) is 38.0 Å². The van der Waals surface area contributed by atoms with E-state index in [9.17, 15) is 8.42 Å². The third-order valence-electron chi connectivity index (χ3n) is 0.692. The van der Waals surface area contributed by atoms with Gasteiger partial charge in [-0.15, -0.1) is 8.42 Å². The minimum absolute atomic E-state index is 0. The molecule has 9 heavy (non-hydrogen) atoms. The normalized spacial score (nSPS) is 12.4. The Morgan fingerprint density at radius 2 is 1.44 bits per heavy atom. The molecule has 0 saturated carbocycles. The molecule has 0 heterocycles. The maximum absolute atomic E-state index is 10.2. The van der Waals surface area contributed by atoms with Crippen LogP contribution in [0.1, 0.15) is 1.43 Å². The fraction of sp³-hybridized carbons (Fsp3) is 1.00. The first-order valence-electron chi connectivity index (χ1n) is 2.04. The summed E-state index contributed by atoms with van der Waals surface area (Å²) in [5.74, 6) is 0. The molecule has 0 saturated heterocycles. The predicted molar refractivity (Wildman–Crippen MR) is 30.7 cm³/mol. The summed E-state index contributed by atoms with van der Waals surface area (Å²) in [6.07, 6.45) is 0. The minimum atomic E-state index is -3.90. The van der Waals surface area contributed by atoms with Crippen molar-refractivity contribution in [1.29, 1.82) is 0 Å². The standard InChI is InChI=1S/C3H9NO3S.Na.H/c1-4(2,3)8(5,6)7;;/h1-3H3;;/q;+1;-1/p+1. The monoisotopic (exact) mass is 164 g/mol. The summed E-state index contributed by atoms with van der Waals surface area (Å²) in [5.41, 5.74) is 0. The summed E-state index contributed by atoms with van der Waals surface area (Å²) in [6, 6.07) is 0. The molecule has 0 rings (SSSR count). The molecule has 0 unspecified atom stereocenters. The van der Waals surface area contributed by atoms with Crippen LogP contribution in [0.3, 0.4) is 0 Å². The van der Waals surface area contributed by atoms with Gasteiger partial charge in [-0.05, 0) is 0 Å². The topological polar surface area (TPSA) is 54.4 Å². The average molecular weight is 164 g/mol. The van der Waals surface area contributed by atoms with Gasteiger partial charge in [-0.2, -0.15) is 0 Å². The SMILES string of the molecule is C[N+](C)(C)S(=O)(=O)O.[H-].[Na+]. The first-order chi connectivity index (χ1) is 3.25. The zero-order valence-electron chi connectivity index (χ0n) is 7.12. The van der Waals surface area contributed by atoms with Crippen molar-refractivity contribution in [1.82, 2.24) is 0 Å². The van der Waals surface area contributed by atoms with E-state index in [1.54, 1.807) is 0 Å². The minimum Gasteiger partial charge on any atom is -1.00 e. The van der Waals surface area contributed by atoms with E-state index in [4.69, 9.17) is 4.55 Å². The van der Waals surface area contributed by atoms with Crippen LogP contribution in [0.4, 0.5) is 0 Å². The molecule has 0 aromatic rings. The molecular weight excluding hydrogens is 153 g/mol. The molecule has 0 bridgehead atoms. The number of rotatable bonds is 1. The zero-order valence-corrected chi connectivity index (χ0v) is 8.94. The third-order valence-corrected chi connectivity index (χ3v) is 2.08. The van der Waals surface area contributed by atoms with E-state index in [1.165, 1.54) is 21.1 Å². The van der Waals surface area contributed by atoms with E-state index in [0.717, 1.165) is 0 Å². The molecule has 1 N–H and O–H groups in total. The first-order valence-corrected chi connectivity index (χ1v) is 3.44. The summed E-state index contributed by atoms with van der Waals surface area (Å²) >= 11 is 0. The smallest absolute Gasteiger partial charge is 1.00 e. The van der Waals surface area contributed by atoms with Crippen LogP contribution in [-0.2, 0) is 10.3 Å². The number of hydrogen-bond acceptors (Lipinski definition) is 2. The Bertz CT molecular complexity index is 173. The Morgan fingerprint density at radius 3 is 1.44 bits per heavy atom. The summed E-state index contributed by atoms with van der Waals surface area (Å²) in [7, 11) is 0.208. The average Bonchev–Trinajstić information content (AvgIpc) is 1.25. The van der Waals surface area contributed by atoms with Crippen molar-refractivity contribution in [3.05, 3.63) is 0 Å². The number of hydrogen-bond donors (Lipinski definition) is 1. The molecule has 0 aliphatic heterocycles. The third kappa shape index (κ3) is 4.30. The van der Waals surface area contributed by atoms with Crippen LogP contribution in [0.25, 0.3) is 0 Å². The molecule has 0 atom stereocenters. The van der Waals surface area contributed by atoms with Crippen LogP contribution in [0.2, 0.25) is 0 Å². The van der Waals surface area contributed by atoms with Gasteiger partial charge in [0.1, 0.15) is 0 Å². The van der Waals surface area contributed by atoms with Crippen molar-refractivity contribution in [2.75, 3.05) is 21.1 Å². The van der Waals surface area contributed by atoms with Gasteiger partial charge in [0.15, 0.2) is 0 Å². The Hall–Kier alpha value is 0.870. The van der Waals surface area contributed by atoms with Gasteiger partial charge in [0, 0.05) is 0 Å². The zero-order chi connectivity index (χ0) is 7.00.